The zero-order valence-electron chi connectivity index (χ0n) is 15.6. The van der Waals surface area contributed by atoms with E-state index in [-0.39, 0.29) is 34.5 Å². The SMILES string of the molecule is O=S(=O)(O)c1cccc2ccccc12.[CH2-]CCCCCCCCC.[Na+]. The third-order valence-electron chi connectivity index (χ3n) is 3.88. The molecule has 0 aliphatic rings. The van der Waals surface area contributed by atoms with Gasteiger partial charge in [-0.15, -0.1) is 0 Å². The minimum Gasteiger partial charge on any atom is -0.343 e. The fourth-order valence-corrected chi connectivity index (χ4v) is 3.27. The Morgan fingerprint density at radius 3 is 2.04 bits per heavy atom. The van der Waals surface area contributed by atoms with Gasteiger partial charge in [-0.3, -0.25) is 4.55 Å². The van der Waals surface area contributed by atoms with E-state index in [0.717, 1.165) is 11.8 Å². The van der Waals surface area contributed by atoms with Gasteiger partial charge in [0.2, 0.25) is 0 Å². The van der Waals surface area contributed by atoms with E-state index < -0.39 is 10.1 Å². The predicted molar refractivity (Wildman–Crippen MR) is 102 cm³/mol. The van der Waals surface area contributed by atoms with E-state index in [1.165, 1.54) is 51.0 Å². The van der Waals surface area contributed by atoms with Crippen LogP contribution in [0.25, 0.3) is 10.8 Å². The van der Waals surface area contributed by atoms with E-state index >= 15 is 0 Å². The summed E-state index contributed by atoms with van der Waals surface area (Å²) in [5.74, 6) is 0. The summed E-state index contributed by atoms with van der Waals surface area (Å²) < 4.78 is 31.0. The fraction of sp³-hybridized carbons (Fsp3) is 0.450. The molecule has 0 aliphatic carbocycles. The van der Waals surface area contributed by atoms with E-state index in [0.29, 0.717) is 5.39 Å². The van der Waals surface area contributed by atoms with Gasteiger partial charge >= 0.3 is 29.6 Å². The molecule has 0 atom stereocenters. The van der Waals surface area contributed by atoms with Gasteiger partial charge in [0.15, 0.2) is 0 Å². The van der Waals surface area contributed by atoms with Gasteiger partial charge in [-0.1, -0.05) is 88.3 Å². The zero-order chi connectivity index (χ0) is 17.8. The third-order valence-corrected chi connectivity index (χ3v) is 4.79. The van der Waals surface area contributed by atoms with Gasteiger partial charge in [0.1, 0.15) is 4.90 Å². The molecule has 0 fully saturated rings. The Hall–Kier alpha value is -0.390. The summed E-state index contributed by atoms with van der Waals surface area (Å²) in [5.41, 5.74) is 0. The second-order valence-corrected chi connectivity index (χ2v) is 7.32. The zero-order valence-corrected chi connectivity index (χ0v) is 18.4. The van der Waals surface area contributed by atoms with Crippen LogP contribution in [0, 0.1) is 6.92 Å². The van der Waals surface area contributed by atoms with Crippen LogP contribution in [-0.4, -0.2) is 13.0 Å². The van der Waals surface area contributed by atoms with Gasteiger partial charge in [0.05, 0.1) is 0 Å². The maximum Gasteiger partial charge on any atom is 1.00 e. The van der Waals surface area contributed by atoms with Gasteiger partial charge in [0, 0.05) is 5.39 Å². The van der Waals surface area contributed by atoms with E-state index in [1.54, 1.807) is 30.3 Å². The summed E-state index contributed by atoms with van der Waals surface area (Å²) >= 11 is 0. The molecule has 0 saturated carbocycles. The van der Waals surface area contributed by atoms with Crippen LogP contribution in [-0.2, 0) is 10.1 Å². The second-order valence-electron chi connectivity index (χ2n) is 5.93. The minimum absolute atomic E-state index is 0. The standard InChI is InChI=1S/C10H8O3S.C10H21.Na/c11-14(12,13)10-7-3-5-8-4-1-2-6-9(8)10;1-3-5-7-9-10-8-6-4-2;/h1-7H,(H,11,12,13);1,3-10H2,2H3;/q;-1;+1. The monoisotopic (exact) mass is 372 g/mol. The molecule has 2 aromatic carbocycles. The Morgan fingerprint density at radius 2 is 1.44 bits per heavy atom. The molecule has 0 unspecified atom stereocenters. The van der Waals surface area contributed by atoms with Crippen LogP contribution in [0.2, 0.25) is 0 Å². The van der Waals surface area contributed by atoms with Crippen LogP contribution in [0.3, 0.4) is 0 Å². The Morgan fingerprint density at radius 1 is 0.880 bits per heavy atom. The summed E-state index contributed by atoms with van der Waals surface area (Å²) in [6.07, 6.45) is 10.9. The molecule has 2 aromatic rings. The van der Waals surface area contributed by atoms with Gasteiger partial charge in [-0.25, -0.2) is 0 Å². The van der Waals surface area contributed by atoms with Crippen molar-refractivity contribution < 1.29 is 42.5 Å². The summed E-state index contributed by atoms with van der Waals surface area (Å²) in [6, 6.07) is 11.8. The van der Waals surface area contributed by atoms with Crippen molar-refractivity contribution in [1.29, 1.82) is 0 Å². The topological polar surface area (TPSA) is 54.4 Å². The van der Waals surface area contributed by atoms with Gasteiger partial charge in [-0.05, 0) is 11.5 Å². The molecule has 0 amide bonds. The molecule has 2 rings (SSSR count). The Labute approximate surface area is 175 Å². The molecular formula is C20H29NaO3S. The van der Waals surface area contributed by atoms with Crippen LogP contribution >= 0.6 is 0 Å². The maximum absolute atomic E-state index is 11.0. The average Bonchev–Trinajstić information content (AvgIpc) is 2.57. The Kier molecular flexibility index (Phi) is 13.6. The molecule has 0 radical (unpaired) electrons. The van der Waals surface area contributed by atoms with Crippen molar-refractivity contribution in [2.75, 3.05) is 0 Å². The van der Waals surface area contributed by atoms with Gasteiger partial charge < -0.3 is 6.92 Å². The number of unbranched alkanes of at least 4 members (excludes halogenated alkanes) is 7. The summed E-state index contributed by atoms with van der Waals surface area (Å²) in [6.45, 7) is 6.08. The van der Waals surface area contributed by atoms with E-state index in [2.05, 4.69) is 13.8 Å². The molecule has 134 valence electrons. The van der Waals surface area contributed by atoms with Crippen LogP contribution in [0.1, 0.15) is 58.3 Å². The van der Waals surface area contributed by atoms with Gasteiger partial charge in [0.25, 0.3) is 10.1 Å². The quantitative estimate of drug-likeness (QED) is 0.335. The molecular weight excluding hydrogens is 343 g/mol. The predicted octanol–water partition coefficient (Wildman–Crippen LogP) is 3.05. The number of hydrogen-bond acceptors (Lipinski definition) is 2. The number of fused-ring (bicyclic) bond motifs is 1. The van der Waals surface area contributed by atoms with E-state index in [4.69, 9.17) is 4.55 Å². The molecule has 0 bridgehead atoms. The molecule has 0 spiro atoms. The maximum atomic E-state index is 11.0. The number of rotatable bonds is 8. The average molecular weight is 373 g/mol. The normalized spacial score (nSPS) is 10.7. The van der Waals surface area contributed by atoms with E-state index in [9.17, 15) is 8.42 Å². The van der Waals surface area contributed by atoms with Crippen LogP contribution in [0.4, 0.5) is 0 Å². The van der Waals surface area contributed by atoms with Crippen molar-refractivity contribution >= 4 is 20.9 Å². The first-order valence-electron chi connectivity index (χ1n) is 8.75. The molecule has 0 aliphatic heterocycles. The van der Waals surface area contributed by atoms with Crippen LogP contribution in [0.5, 0.6) is 0 Å². The van der Waals surface area contributed by atoms with Crippen LogP contribution < -0.4 is 29.6 Å². The Bertz CT molecular complexity index is 686. The minimum atomic E-state index is -4.13. The Balaban J connectivity index is 0.000000471. The summed E-state index contributed by atoms with van der Waals surface area (Å²) in [4.78, 5) is -0.0457. The molecule has 0 saturated heterocycles. The van der Waals surface area contributed by atoms with Crippen LogP contribution in [0.15, 0.2) is 47.4 Å². The molecule has 0 aromatic heterocycles. The van der Waals surface area contributed by atoms with Gasteiger partial charge in [-0.2, -0.15) is 14.8 Å². The van der Waals surface area contributed by atoms with Crippen molar-refractivity contribution in [2.24, 2.45) is 0 Å². The number of hydrogen-bond donors (Lipinski definition) is 1. The first-order valence-corrected chi connectivity index (χ1v) is 10.2. The first-order chi connectivity index (χ1) is 11.5. The largest absolute Gasteiger partial charge is 1.00 e. The summed E-state index contributed by atoms with van der Waals surface area (Å²) in [7, 11) is -4.13. The van der Waals surface area contributed by atoms with Crippen molar-refractivity contribution in [2.45, 2.75) is 63.2 Å². The van der Waals surface area contributed by atoms with Crippen molar-refractivity contribution in [3.63, 3.8) is 0 Å². The molecule has 1 N–H and O–H groups in total. The second kappa shape index (κ2) is 13.8. The smallest absolute Gasteiger partial charge is 0.343 e. The van der Waals surface area contributed by atoms with Crippen molar-refractivity contribution in [3.05, 3.63) is 49.4 Å². The molecule has 0 heterocycles. The van der Waals surface area contributed by atoms with Crippen molar-refractivity contribution in [3.8, 4) is 0 Å². The van der Waals surface area contributed by atoms with E-state index in [1.807, 2.05) is 6.07 Å². The number of benzene rings is 2. The third kappa shape index (κ3) is 9.76. The summed E-state index contributed by atoms with van der Waals surface area (Å²) in [5, 5.41) is 1.33. The fourth-order valence-electron chi connectivity index (χ4n) is 2.55. The molecule has 3 nitrogen and oxygen atoms in total. The molecule has 25 heavy (non-hydrogen) atoms. The molecule has 5 heteroatoms. The first kappa shape index (κ1) is 24.6. The van der Waals surface area contributed by atoms with Crippen molar-refractivity contribution in [1.82, 2.24) is 0 Å².